The maximum Gasteiger partial charge on any atom is 0.281 e. The minimum absolute atomic E-state index is 0.305. The summed E-state index contributed by atoms with van der Waals surface area (Å²) < 4.78 is 5.65. The van der Waals surface area contributed by atoms with Gasteiger partial charge in [0.1, 0.15) is 27.5 Å². The van der Waals surface area contributed by atoms with Crippen molar-refractivity contribution >= 4 is 51.7 Å². The van der Waals surface area contributed by atoms with Crippen molar-refractivity contribution in [3.63, 3.8) is 0 Å². The Bertz CT molecular complexity index is 1100. The monoisotopic (exact) mass is 418 g/mol. The topological polar surface area (TPSA) is 104 Å². The molecule has 0 fully saturated rings. The Hall–Kier alpha value is -2.79. The molecule has 2 heterocycles. The van der Waals surface area contributed by atoms with Crippen molar-refractivity contribution in [2.45, 2.75) is 6.92 Å². The Balaban J connectivity index is 1.72. The van der Waals surface area contributed by atoms with Crippen molar-refractivity contribution < 1.29 is 9.21 Å². The van der Waals surface area contributed by atoms with Crippen molar-refractivity contribution in [3.05, 3.63) is 62.1 Å². The molecule has 6 nitrogen and oxygen atoms in total. The second kappa shape index (κ2) is 7.84. The first-order chi connectivity index (χ1) is 12.9. The number of rotatable bonds is 4. The number of benzene rings is 1. The van der Waals surface area contributed by atoms with Gasteiger partial charge in [0.05, 0.1) is 16.8 Å². The van der Waals surface area contributed by atoms with E-state index in [0.717, 1.165) is 11.3 Å². The highest BCUT2D eigenvalue weighted by atomic mass is 35.5. The summed E-state index contributed by atoms with van der Waals surface area (Å²) in [6.07, 6.45) is 1.36. The number of nitrogens with zero attached hydrogens (tertiary/aromatic N) is 2. The van der Waals surface area contributed by atoms with Gasteiger partial charge in [0, 0.05) is 10.6 Å². The van der Waals surface area contributed by atoms with E-state index in [1.54, 1.807) is 37.3 Å². The fourth-order valence-corrected chi connectivity index (χ4v) is 3.77. The van der Waals surface area contributed by atoms with E-state index in [2.05, 4.69) is 10.5 Å². The zero-order valence-electron chi connectivity index (χ0n) is 13.9. The molecule has 2 aromatic heterocycles. The zero-order valence-corrected chi connectivity index (χ0v) is 16.2. The van der Waals surface area contributed by atoms with Crippen molar-refractivity contribution in [1.29, 1.82) is 5.26 Å². The standard InChI is InChI=1S/C18H12Cl2N4O2S/c1-9-13(7-21)17(22)27-16(9)18(25)24-23-8-11-3-5-15(26-11)12-4-2-10(19)6-14(12)20/h2-6,8H,22H2,1H3,(H,24,25)/b23-8-. The van der Waals surface area contributed by atoms with Crippen LogP contribution < -0.4 is 11.2 Å². The van der Waals surface area contributed by atoms with Crippen LogP contribution in [-0.2, 0) is 0 Å². The summed E-state index contributed by atoms with van der Waals surface area (Å²) in [4.78, 5) is 12.5. The van der Waals surface area contributed by atoms with Gasteiger partial charge in [0.2, 0.25) is 0 Å². The van der Waals surface area contributed by atoms with Crippen LogP contribution in [0.5, 0.6) is 0 Å². The summed E-state index contributed by atoms with van der Waals surface area (Å²) in [7, 11) is 0. The fraction of sp³-hybridized carbons (Fsp3) is 0.0556. The summed E-state index contributed by atoms with van der Waals surface area (Å²) in [5.41, 5.74) is 9.66. The molecule has 3 aromatic rings. The van der Waals surface area contributed by atoms with Crippen LogP contribution in [0.2, 0.25) is 10.0 Å². The number of nitriles is 1. The first-order valence-corrected chi connectivity index (χ1v) is 9.15. The molecule has 0 unspecified atom stereocenters. The van der Waals surface area contributed by atoms with Crippen LogP contribution >= 0.6 is 34.5 Å². The minimum atomic E-state index is -0.450. The lowest BCUT2D eigenvalue weighted by Crippen LogP contribution is -2.17. The summed E-state index contributed by atoms with van der Waals surface area (Å²) >= 11 is 13.1. The van der Waals surface area contributed by atoms with E-state index in [-0.39, 0.29) is 0 Å². The van der Waals surface area contributed by atoms with Crippen LogP contribution in [0.3, 0.4) is 0 Å². The highest BCUT2D eigenvalue weighted by Gasteiger charge is 2.18. The Morgan fingerprint density at radius 3 is 2.81 bits per heavy atom. The first kappa shape index (κ1) is 19.0. The molecule has 0 saturated heterocycles. The van der Waals surface area contributed by atoms with E-state index in [0.29, 0.717) is 48.1 Å². The second-order valence-corrected chi connectivity index (χ2v) is 7.33. The molecule has 1 aromatic carbocycles. The van der Waals surface area contributed by atoms with Gasteiger partial charge in [0.25, 0.3) is 5.91 Å². The lowest BCUT2D eigenvalue weighted by atomic mass is 10.2. The molecule has 0 atom stereocenters. The second-order valence-electron chi connectivity index (χ2n) is 5.43. The van der Waals surface area contributed by atoms with E-state index >= 15 is 0 Å². The lowest BCUT2D eigenvalue weighted by Gasteiger charge is -2.00. The smallest absolute Gasteiger partial charge is 0.281 e. The van der Waals surface area contributed by atoms with E-state index in [9.17, 15) is 4.79 Å². The quantitative estimate of drug-likeness (QED) is 0.466. The number of hydrogen-bond acceptors (Lipinski definition) is 6. The van der Waals surface area contributed by atoms with Crippen LogP contribution in [0, 0.1) is 18.3 Å². The molecule has 0 aliphatic carbocycles. The van der Waals surface area contributed by atoms with Crippen molar-refractivity contribution in [2.75, 3.05) is 5.73 Å². The average molecular weight is 419 g/mol. The minimum Gasteiger partial charge on any atom is -0.455 e. The molecule has 0 radical (unpaired) electrons. The number of halogens is 2. The number of anilines is 1. The molecule has 9 heteroatoms. The predicted octanol–water partition coefficient (Wildman–Crippen LogP) is 4.84. The van der Waals surface area contributed by atoms with Gasteiger partial charge in [-0.15, -0.1) is 11.3 Å². The van der Waals surface area contributed by atoms with Crippen LogP contribution in [0.15, 0.2) is 39.9 Å². The van der Waals surface area contributed by atoms with Crippen LogP contribution in [0.25, 0.3) is 11.3 Å². The van der Waals surface area contributed by atoms with E-state index < -0.39 is 5.91 Å². The molecule has 3 N–H and O–H groups in total. The highest BCUT2D eigenvalue weighted by molar-refractivity contribution is 7.18. The average Bonchev–Trinajstić information content (AvgIpc) is 3.19. The normalized spacial score (nSPS) is 10.9. The number of nitrogens with two attached hydrogens (primary N) is 1. The third kappa shape index (κ3) is 3.98. The summed E-state index contributed by atoms with van der Waals surface area (Å²) in [6.45, 7) is 1.67. The largest absolute Gasteiger partial charge is 0.455 e. The molecular weight excluding hydrogens is 407 g/mol. The summed E-state index contributed by atoms with van der Waals surface area (Å²) in [6, 6.07) is 10.5. The first-order valence-electron chi connectivity index (χ1n) is 7.58. The van der Waals surface area contributed by atoms with Gasteiger partial charge >= 0.3 is 0 Å². The fourth-order valence-electron chi connectivity index (χ4n) is 2.35. The molecule has 136 valence electrons. The molecule has 0 saturated carbocycles. The van der Waals surface area contributed by atoms with Crippen LogP contribution in [-0.4, -0.2) is 12.1 Å². The van der Waals surface area contributed by atoms with Gasteiger partial charge in [0.15, 0.2) is 0 Å². The molecule has 0 spiro atoms. The number of amides is 1. The Kier molecular flexibility index (Phi) is 5.51. The SMILES string of the molecule is Cc1c(C(=O)N/N=C\c2ccc(-c3ccc(Cl)cc3Cl)o2)sc(N)c1C#N. The maximum atomic E-state index is 12.2. The molecule has 3 rings (SSSR count). The van der Waals surface area contributed by atoms with Gasteiger partial charge in [-0.05, 0) is 42.8 Å². The molecule has 1 amide bonds. The third-order valence-corrected chi connectivity index (χ3v) is 5.34. The van der Waals surface area contributed by atoms with E-state index in [1.165, 1.54) is 6.21 Å². The molecule has 27 heavy (non-hydrogen) atoms. The van der Waals surface area contributed by atoms with Gasteiger partial charge in [-0.2, -0.15) is 10.4 Å². The summed E-state index contributed by atoms with van der Waals surface area (Å²) in [5.74, 6) is 0.524. The Morgan fingerprint density at radius 1 is 1.37 bits per heavy atom. The molecule has 0 aliphatic rings. The summed E-state index contributed by atoms with van der Waals surface area (Å²) in [5, 5.41) is 14.2. The van der Waals surface area contributed by atoms with Crippen LogP contribution in [0.4, 0.5) is 5.00 Å². The van der Waals surface area contributed by atoms with Crippen molar-refractivity contribution in [2.24, 2.45) is 5.10 Å². The third-order valence-electron chi connectivity index (χ3n) is 3.67. The number of carbonyl (C=O) groups excluding carboxylic acids is 1. The lowest BCUT2D eigenvalue weighted by molar-refractivity contribution is 0.0958. The van der Waals surface area contributed by atoms with Gasteiger partial charge in [-0.25, -0.2) is 5.43 Å². The Morgan fingerprint density at radius 2 is 2.15 bits per heavy atom. The van der Waals surface area contributed by atoms with Gasteiger partial charge in [-0.1, -0.05) is 23.2 Å². The highest BCUT2D eigenvalue weighted by Crippen LogP contribution is 2.31. The molecular formula is C18H12Cl2N4O2S. The van der Waals surface area contributed by atoms with E-state index in [1.807, 2.05) is 6.07 Å². The van der Waals surface area contributed by atoms with Crippen LogP contribution in [0.1, 0.15) is 26.6 Å². The van der Waals surface area contributed by atoms with Crippen molar-refractivity contribution in [3.8, 4) is 17.4 Å². The predicted molar refractivity (Wildman–Crippen MR) is 107 cm³/mol. The van der Waals surface area contributed by atoms with Gasteiger partial charge < -0.3 is 10.2 Å². The van der Waals surface area contributed by atoms with E-state index in [4.69, 9.17) is 38.6 Å². The van der Waals surface area contributed by atoms with Gasteiger partial charge in [-0.3, -0.25) is 4.79 Å². The molecule has 0 aliphatic heterocycles. The van der Waals surface area contributed by atoms with Crippen molar-refractivity contribution in [1.82, 2.24) is 5.43 Å². The Labute approximate surface area is 168 Å². The number of hydrogen-bond donors (Lipinski definition) is 2. The maximum absolute atomic E-state index is 12.2. The zero-order chi connectivity index (χ0) is 19.6. The number of nitrogens with one attached hydrogen (secondary N) is 1. The number of carbonyl (C=O) groups is 1. The number of hydrazone groups is 1. The number of furan rings is 1. The molecule has 0 bridgehead atoms. The number of nitrogen functional groups attached to an aromatic ring is 1. The number of thiophene rings is 1.